The zero-order valence-electron chi connectivity index (χ0n) is 4.21. The molecule has 0 saturated heterocycles. The summed E-state index contributed by atoms with van der Waals surface area (Å²) < 4.78 is 0. The molecule has 0 heterocycles. The molecule has 0 atom stereocenters. The van der Waals surface area contributed by atoms with Crippen LogP contribution in [0.2, 0.25) is 0 Å². The Labute approximate surface area is 41.1 Å². The monoisotopic (exact) mass is 105 g/mol. The maximum Gasteiger partial charge on any atom is 0.152 e. The van der Waals surface area contributed by atoms with Gasteiger partial charge in [0.25, 0.3) is 0 Å². The quantitative estimate of drug-likeness (QED) is 0.365. The molecule has 0 aliphatic rings. The molecule has 0 aliphatic heterocycles. The molecule has 0 bridgehead atoms. The summed E-state index contributed by atoms with van der Waals surface area (Å²) in [4.78, 5) is 17.6. The zero-order valence-corrected chi connectivity index (χ0v) is 4.21. The summed E-state index contributed by atoms with van der Waals surface area (Å²) in [6.07, 6.45) is 0. The van der Waals surface area contributed by atoms with Crippen LogP contribution in [0.1, 0.15) is 13.8 Å². The Kier molecular flexibility index (Phi) is 12.0. The second kappa shape index (κ2) is 8.91. The first kappa shape index (κ1) is 9.42. The summed E-state index contributed by atoms with van der Waals surface area (Å²) in [5, 5.41) is 7.89. The molecule has 0 radical (unpaired) electrons. The highest BCUT2D eigenvalue weighted by atomic mass is 16.6. The van der Waals surface area contributed by atoms with E-state index in [1.807, 2.05) is 0 Å². The van der Waals surface area contributed by atoms with Crippen LogP contribution in [-0.2, 0) is 4.79 Å². The molecule has 0 aliphatic carbocycles. The van der Waals surface area contributed by atoms with E-state index in [2.05, 4.69) is 0 Å². The number of hydrogen-bond acceptors (Lipinski definition) is 3. The number of Topliss-reactive ketones (excluding diaryl/α,β-unsaturated/α-hetero) is 1. The van der Waals surface area contributed by atoms with E-state index in [4.69, 9.17) is 10.1 Å². The second-order valence-corrected chi connectivity index (χ2v) is 0.990. The van der Waals surface area contributed by atoms with E-state index >= 15 is 0 Å². The minimum absolute atomic E-state index is 0.167. The molecule has 0 saturated carbocycles. The Morgan fingerprint density at radius 2 is 1.57 bits per heavy atom. The highest BCUT2D eigenvalue weighted by molar-refractivity contribution is 5.72. The maximum absolute atomic E-state index is 9.44. The van der Waals surface area contributed by atoms with Gasteiger partial charge >= 0.3 is 0 Å². The van der Waals surface area contributed by atoms with E-state index in [-0.39, 0.29) is 5.78 Å². The van der Waals surface area contributed by atoms with Crippen LogP contribution < -0.4 is 0 Å². The average Bonchev–Trinajstić information content (AvgIpc) is 1.33. The van der Waals surface area contributed by atoms with Crippen LogP contribution in [0.5, 0.6) is 0 Å². The molecule has 0 fully saturated rings. The predicted molar refractivity (Wildman–Crippen MR) is 23.9 cm³/mol. The summed E-state index contributed by atoms with van der Waals surface area (Å²) in [5.41, 5.74) is 0. The van der Waals surface area contributed by atoms with Crippen LogP contribution in [0.15, 0.2) is 5.34 Å². The summed E-state index contributed by atoms with van der Waals surface area (Å²) in [5.74, 6) is 0.167. The minimum Gasteiger partial charge on any atom is -0.379 e. The summed E-state index contributed by atoms with van der Waals surface area (Å²) >= 11 is 0. The van der Waals surface area contributed by atoms with E-state index in [1.54, 1.807) is 0 Å². The van der Waals surface area contributed by atoms with Crippen molar-refractivity contribution in [1.29, 1.82) is 0 Å². The third-order valence-electron chi connectivity index (χ3n) is 0. The molecule has 1 N–H and O–H groups in total. The van der Waals surface area contributed by atoms with Gasteiger partial charge in [-0.05, 0) is 13.8 Å². The molecule has 0 aromatic heterocycles. The molecule has 0 rings (SSSR count). The fourth-order valence-corrected chi connectivity index (χ4v) is 0. The van der Waals surface area contributed by atoms with Crippen LogP contribution in [0.3, 0.4) is 0 Å². The molecule has 0 aromatic rings. The largest absolute Gasteiger partial charge is 0.379 e. The summed E-state index contributed by atoms with van der Waals surface area (Å²) in [6.45, 7) is 3.06. The number of carbonyl (C=O) groups is 1. The first-order valence-electron chi connectivity index (χ1n) is 1.59. The molecule has 4 nitrogen and oxygen atoms in total. The lowest BCUT2D eigenvalue weighted by Crippen LogP contribution is -1.69. The van der Waals surface area contributed by atoms with E-state index in [0.717, 1.165) is 0 Å². The van der Waals surface area contributed by atoms with Gasteiger partial charge in [-0.3, -0.25) is 0 Å². The first-order valence-corrected chi connectivity index (χ1v) is 1.59. The van der Waals surface area contributed by atoms with Crippen molar-refractivity contribution in [3.63, 3.8) is 0 Å². The van der Waals surface area contributed by atoms with Crippen LogP contribution in [-0.4, -0.2) is 11.0 Å². The topological polar surface area (TPSA) is 66.7 Å². The molecular weight excluding hydrogens is 98.0 g/mol. The Balaban J connectivity index is 0. The highest BCUT2D eigenvalue weighted by Gasteiger charge is 1.62. The number of nitrogens with zero attached hydrogens (tertiary/aromatic N) is 1. The zero-order chi connectivity index (χ0) is 6.28. The normalized spacial score (nSPS) is 5.43. The average molecular weight is 105 g/mol. The molecule has 4 heteroatoms. The fourth-order valence-electron chi connectivity index (χ4n) is 0. The first-order chi connectivity index (χ1) is 3.15. The lowest BCUT2D eigenvalue weighted by atomic mass is 10.6. The van der Waals surface area contributed by atoms with Gasteiger partial charge in [0.15, 0.2) is 5.34 Å². The van der Waals surface area contributed by atoms with Crippen LogP contribution in [0.25, 0.3) is 0 Å². The van der Waals surface area contributed by atoms with E-state index in [9.17, 15) is 4.79 Å². The van der Waals surface area contributed by atoms with Gasteiger partial charge in [0, 0.05) is 0 Å². The van der Waals surface area contributed by atoms with Crippen LogP contribution in [0.4, 0.5) is 0 Å². The Bertz CT molecular complexity index is 57.2. The van der Waals surface area contributed by atoms with Gasteiger partial charge < -0.3 is 10.0 Å². The van der Waals surface area contributed by atoms with Crippen molar-refractivity contribution in [2.45, 2.75) is 13.8 Å². The van der Waals surface area contributed by atoms with E-state index in [0.29, 0.717) is 0 Å². The Morgan fingerprint density at radius 1 is 1.57 bits per heavy atom. The molecule has 0 amide bonds. The molecular formula is C3H7NO3. The van der Waals surface area contributed by atoms with Crippen molar-refractivity contribution in [2.24, 2.45) is 5.34 Å². The van der Waals surface area contributed by atoms with Gasteiger partial charge in [-0.15, -0.1) is 4.91 Å². The molecule has 0 unspecified atom stereocenters. The number of hydrogen-bond donors (Lipinski definition) is 1. The standard InChI is InChI=1S/C3H6O.HNO2/c1-3(2)4;2-1-3/h1-2H3;(H,2,3). The fraction of sp³-hybridized carbons (Fsp3) is 0.667. The Hall–Kier alpha value is -0.930. The second-order valence-electron chi connectivity index (χ2n) is 0.990. The van der Waals surface area contributed by atoms with Crippen molar-refractivity contribution in [1.82, 2.24) is 0 Å². The summed E-state index contributed by atoms with van der Waals surface area (Å²) in [6, 6.07) is 0. The van der Waals surface area contributed by atoms with Crippen LogP contribution >= 0.6 is 0 Å². The molecule has 0 aromatic carbocycles. The van der Waals surface area contributed by atoms with Crippen molar-refractivity contribution < 1.29 is 10.0 Å². The third kappa shape index (κ3) is 55.2. The number of ketones is 1. The van der Waals surface area contributed by atoms with Gasteiger partial charge in [-0.2, -0.15) is 0 Å². The predicted octanol–water partition coefficient (Wildman–Crippen LogP) is 0.737. The third-order valence-corrected chi connectivity index (χ3v) is 0. The van der Waals surface area contributed by atoms with Gasteiger partial charge in [0.05, 0.1) is 0 Å². The van der Waals surface area contributed by atoms with Gasteiger partial charge in [0.1, 0.15) is 5.78 Å². The lowest BCUT2D eigenvalue weighted by molar-refractivity contribution is -0.114. The number of rotatable bonds is 0. The van der Waals surface area contributed by atoms with Crippen molar-refractivity contribution in [3.05, 3.63) is 4.91 Å². The lowest BCUT2D eigenvalue weighted by Gasteiger charge is -1.56. The summed E-state index contributed by atoms with van der Waals surface area (Å²) in [7, 11) is 0. The molecule has 7 heavy (non-hydrogen) atoms. The highest BCUT2D eigenvalue weighted by Crippen LogP contribution is 1.50. The SMILES string of the molecule is CC(C)=O.O=NO. The van der Waals surface area contributed by atoms with Gasteiger partial charge in [-0.1, -0.05) is 0 Å². The van der Waals surface area contributed by atoms with Crippen molar-refractivity contribution >= 4 is 5.78 Å². The number of carbonyl (C=O) groups excluding carboxylic acids is 1. The molecule has 0 spiro atoms. The van der Waals surface area contributed by atoms with Crippen LogP contribution in [0, 0.1) is 4.91 Å². The van der Waals surface area contributed by atoms with Crippen molar-refractivity contribution in [3.8, 4) is 0 Å². The Morgan fingerprint density at radius 3 is 1.57 bits per heavy atom. The smallest absolute Gasteiger partial charge is 0.152 e. The molecule has 42 valence electrons. The van der Waals surface area contributed by atoms with Gasteiger partial charge in [0.2, 0.25) is 0 Å². The van der Waals surface area contributed by atoms with Gasteiger partial charge in [-0.25, -0.2) is 0 Å². The van der Waals surface area contributed by atoms with E-state index < -0.39 is 0 Å². The van der Waals surface area contributed by atoms with E-state index in [1.165, 1.54) is 19.2 Å². The van der Waals surface area contributed by atoms with Crippen molar-refractivity contribution in [2.75, 3.05) is 0 Å². The minimum atomic E-state index is 0.167. The maximum atomic E-state index is 9.44.